The van der Waals surface area contributed by atoms with Crippen LogP contribution in [0.1, 0.15) is 44.9 Å². The zero-order chi connectivity index (χ0) is 16.3. The molecule has 3 N–H and O–H groups in total. The molecule has 2 saturated heterocycles. The van der Waals surface area contributed by atoms with Gasteiger partial charge in [-0.05, 0) is 38.5 Å². The number of hydrogen-bond donors (Lipinski definition) is 3. The highest BCUT2D eigenvalue weighted by Gasteiger charge is 2.48. The summed E-state index contributed by atoms with van der Waals surface area (Å²) in [6, 6.07) is -0.338. The van der Waals surface area contributed by atoms with Crippen molar-refractivity contribution in [3.05, 3.63) is 0 Å². The van der Waals surface area contributed by atoms with Gasteiger partial charge in [0.1, 0.15) is 0 Å². The van der Waals surface area contributed by atoms with E-state index in [4.69, 9.17) is 9.47 Å². The van der Waals surface area contributed by atoms with Crippen LogP contribution in [0.15, 0.2) is 0 Å². The van der Waals surface area contributed by atoms with Gasteiger partial charge in [0.15, 0.2) is 0 Å². The highest BCUT2D eigenvalue weighted by atomic mass is 16.5. The van der Waals surface area contributed by atoms with Gasteiger partial charge in [-0.1, -0.05) is 0 Å². The van der Waals surface area contributed by atoms with E-state index in [1.165, 1.54) is 0 Å². The van der Waals surface area contributed by atoms with E-state index < -0.39 is 0 Å². The number of ether oxygens (including phenoxy) is 2. The summed E-state index contributed by atoms with van der Waals surface area (Å²) >= 11 is 0. The molecule has 3 fully saturated rings. The van der Waals surface area contributed by atoms with Crippen LogP contribution in [0.2, 0.25) is 0 Å². The van der Waals surface area contributed by atoms with Crippen LogP contribution >= 0.6 is 0 Å². The Morgan fingerprint density at radius 1 is 1.43 bits per heavy atom. The first kappa shape index (κ1) is 16.5. The number of urea groups is 1. The zero-order valence-corrected chi connectivity index (χ0v) is 13.7. The molecule has 23 heavy (non-hydrogen) atoms. The van der Waals surface area contributed by atoms with Gasteiger partial charge < -0.3 is 25.4 Å². The van der Waals surface area contributed by atoms with E-state index in [9.17, 15) is 9.59 Å². The average Bonchev–Trinajstić information content (AvgIpc) is 3.01. The zero-order valence-electron chi connectivity index (χ0n) is 13.7. The number of methoxy groups -OCH3 is 1. The molecule has 3 amide bonds. The van der Waals surface area contributed by atoms with Crippen molar-refractivity contribution in [2.75, 3.05) is 20.3 Å². The molecule has 0 aromatic rings. The fourth-order valence-corrected chi connectivity index (χ4v) is 3.93. The molecular weight excluding hydrogens is 298 g/mol. The van der Waals surface area contributed by atoms with Gasteiger partial charge in [-0.25, -0.2) is 4.79 Å². The molecule has 0 radical (unpaired) electrons. The fraction of sp³-hybridized carbons (Fsp3) is 0.875. The van der Waals surface area contributed by atoms with Crippen molar-refractivity contribution in [2.45, 2.75) is 68.7 Å². The monoisotopic (exact) mass is 325 g/mol. The molecular formula is C16H27N3O4. The van der Waals surface area contributed by atoms with Crippen LogP contribution in [0.5, 0.6) is 0 Å². The molecule has 2 aliphatic heterocycles. The molecule has 3 rings (SSSR count). The Labute approximate surface area is 136 Å². The molecule has 1 saturated carbocycles. The summed E-state index contributed by atoms with van der Waals surface area (Å²) in [4.78, 5) is 24.1. The van der Waals surface area contributed by atoms with Gasteiger partial charge in [0.25, 0.3) is 0 Å². The van der Waals surface area contributed by atoms with Gasteiger partial charge in [0, 0.05) is 20.1 Å². The van der Waals surface area contributed by atoms with Crippen LogP contribution in [0.4, 0.5) is 4.79 Å². The lowest BCUT2D eigenvalue weighted by Gasteiger charge is -2.51. The maximum Gasteiger partial charge on any atom is 0.315 e. The fourth-order valence-electron chi connectivity index (χ4n) is 3.93. The number of carbonyl (C=O) groups excluding carboxylic acids is 2. The van der Waals surface area contributed by atoms with E-state index in [1.807, 2.05) is 0 Å². The molecule has 0 bridgehead atoms. The van der Waals surface area contributed by atoms with Crippen LogP contribution < -0.4 is 16.0 Å². The van der Waals surface area contributed by atoms with Crippen molar-refractivity contribution in [1.29, 1.82) is 0 Å². The van der Waals surface area contributed by atoms with E-state index in [-0.39, 0.29) is 35.7 Å². The third-order valence-electron chi connectivity index (χ3n) is 5.34. The molecule has 1 spiro atoms. The Hall–Kier alpha value is -1.34. The van der Waals surface area contributed by atoms with Gasteiger partial charge in [0.05, 0.1) is 30.3 Å². The summed E-state index contributed by atoms with van der Waals surface area (Å²) in [5.74, 6) is 0.0970. The highest BCUT2D eigenvalue weighted by molar-refractivity contribution is 5.80. The van der Waals surface area contributed by atoms with Crippen LogP contribution in [-0.4, -0.2) is 56.0 Å². The molecule has 3 aliphatic rings. The Kier molecular flexibility index (Phi) is 5.06. The van der Waals surface area contributed by atoms with Crippen LogP contribution in [-0.2, 0) is 14.3 Å². The summed E-state index contributed by atoms with van der Waals surface area (Å²) in [5.41, 5.74) is -0.229. The van der Waals surface area contributed by atoms with Crippen LogP contribution in [0.25, 0.3) is 0 Å². The molecule has 7 heteroatoms. The topological polar surface area (TPSA) is 88.7 Å². The number of hydrogen-bond acceptors (Lipinski definition) is 4. The second-order valence-electron chi connectivity index (χ2n) is 6.88. The first-order valence-electron chi connectivity index (χ1n) is 8.61. The molecule has 0 aromatic heterocycles. The van der Waals surface area contributed by atoms with Gasteiger partial charge >= 0.3 is 6.03 Å². The highest BCUT2D eigenvalue weighted by Crippen LogP contribution is 2.38. The lowest BCUT2D eigenvalue weighted by molar-refractivity contribution is -0.127. The molecule has 0 unspecified atom stereocenters. The summed E-state index contributed by atoms with van der Waals surface area (Å²) < 4.78 is 10.9. The minimum atomic E-state index is -0.229. The maximum absolute atomic E-state index is 12.4. The van der Waals surface area contributed by atoms with E-state index in [0.29, 0.717) is 19.4 Å². The third-order valence-corrected chi connectivity index (χ3v) is 5.34. The van der Waals surface area contributed by atoms with Crippen molar-refractivity contribution >= 4 is 11.9 Å². The third kappa shape index (κ3) is 3.61. The van der Waals surface area contributed by atoms with Gasteiger partial charge in [-0.15, -0.1) is 0 Å². The number of piperidine rings is 1. The first-order chi connectivity index (χ1) is 11.1. The summed E-state index contributed by atoms with van der Waals surface area (Å²) in [6.07, 6.45) is 6.14. The van der Waals surface area contributed by atoms with Crippen LogP contribution in [0.3, 0.4) is 0 Å². The normalized spacial score (nSPS) is 30.4. The molecule has 3 atom stereocenters. The second kappa shape index (κ2) is 7.05. The molecule has 7 nitrogen and oxygen atoms in total. The number of carbonyl (C=O) groups is 2. The molecule has 1 aliphatic carbocycles. The Bertz CT molecular complexity index is 447. The Morgan fingerprint density at radius 3 is 2.87 bits per heavy atom. The van der Waals surface area contributed by atoms with Gasteiger partial charge in [-0.3, -0.25) is 4.79 Å². The average molecular weight is 325 g/mol. The molecule has 0 aromatic carbocycles. The van der Waals surface area contributed by atoms with Crippen molar-refractivity contribution < 1.29 is 19.1 Å². The first-order valence-corrected chi connectivity index (χ1v) is 8.61. The maximum atomic E-state index is 12.4. The second-order valence-corrected chi connectivity index (χ2v) is 6.88. The van der Waals surface area contributed by atoms with E-state index in [2.05, 4.69) is 16.0 Å². The predicted octanol–water partition coefficient (Wildman–Crippen LogP) is 0.681. The Balaban J connectivity index is 1.56. The quantitative estimate of drug-likeness (QED) is 0.693. The lowest BCUT2D eigenvalue weighted by Crippen LogP contribution is -2.69. The van der Waals surface area contributed by atoms with E-state index in [1.54, 1.807) is 7.11 Å². The SMILES string of the molecule is COC[C@H](NC(=O)N[C@@H]1CCC(=O)NC12CCC2)[C@H]1CCCO1. The van der Waals surface area contributed by atoms with Crippen molar-refractivity contribution in [3.8, 4) is 0 Å². The summed E-state index contributed by atoms with van der Waals surface area (Å²) in [7, 11) is 1.63. The largest absolute Gasteiger partial charge is 0.382 e. The van der Waals surface area contributed by atoms with Crippen molar-refractivity contribution in [2.24, 2.45) is 0 Å². The number of amides is 3. The standard InChI is InChI=1S/C16H27N3O4/c1-22-10-11(12-4-2-9-23-12)17-15(21)18-13-5-6-14(20)19-16(13)7-3-8-16/h11-13H,2-10H2,1H3,(H,19,20)(H2,17,18,21)/t11-,12+,13+/m0/s1. The summed E-state index contributed by atoms with van der Waals surface area (Å²) in [6.45, 7) is 1.18. The number of nitrogens with one attached hydrogen (secondary N) is 3. The van der Waals surface area contributed by atoms with Crippen molar-refractivity contribution in [3.63, 3.8) is 0 Å². The minimum absolute atomic E-state index is 0.00152. The predicted molar refractivity (Wildman–Crippen MR) is 84.1 cm³/mol. The van der Waals surface area contributed by atoms with E-state index in [0.717, 1.165) is 38.7 Å². The van der Waals surface area contributed by atoms with Gasteiger partial charge in [0.2, 0.25) is 5.91 Å². The molecule has 130 valence electrons. The minimum Gasteiger partial charge on any atom is -0.382 e. The van der Waals surface area contributed by atoms with Crippen LogP contribution in [0, 0.1) is 0 Å². The van der Waals surface area contributed by atoms with Gasteiger partial charge in [-0.2, -0.15) is 0 Å². The molecule has 2 heterocycles. The summed E-state index contributed by atoms with van der Waals surface area (Å²) in [5, 5.41) is 9.15. The van der Waals surface area contributed by atoms with E-state index >= 15 is 0 Å². The number of rotatable bonds is 5. The van der Waals surface area contributed by atoms with Crippen molar-refractivity contribution in [1.82, 2.24) is 16.0 Å². The Morgan fingerprint density at radius 2 is 2.26 bits per heavy atom. The smallest absolute Gasteiger partial charge is 0.315 e. The lowest BCUT2D eigenvalue weighted by atomic mass is 9.68.